The number of hydrogen-bond donors (Lipinski definition) is 2. The monoisotopic (exact) mass is 289 g/mol. The van der Waals surface area contributed by atoms with Crippen LogP contribution >= 0.6 is 0 Å². The highest BCUT2D eigenvalue weighted by molar-refractivity contribution is 6.62. The number of amides is 1. The van der Waals surface area contributed by atoms with Crippen molar-refractivity contribution in [2.24, 2.45) is 0 Å². The molecule has 1 saturated heterocycles. The predicted octanol–water partition coefficient (Wildman–Crippen LogP) is 1.15. The molecule has 0 saturated carbocycles. The molecule has 1 unspecified atom stereocenters. The summed E-state index contributed by atoms with van der Waals surface area (Å²) in [4.78, 5) is 11.8. The first-order valence-corrected chi connectivity index (χ1v) is 7.08. The van der Waals surface area contributed by atoms with Gasteiger partial charge >= 0.3 is 7.12 Å². The molecule has 2 aliphatic heterocycles. The number of rotatable bonds is 1. The average Bonchev–Trinajstić information content (AvgIpc) is 2.71. The summed E-state index contributed by atoms with van der Waals surface area (Å²) in [6.45, 7) is 9.44. The maximum absolute atomic E-state index is 11.8. The maximum atomic E-state index is 11.8. The van der Waals surface area contributed by atoms with Crippen LogP contribution in [0.4, 0.5) is 5.69 Å². The minimum atomic E-state index is -1.52. The Bertz CT molecular complexity index is 608. The number of hydrogen-bond acceptors (Lipinski definition) is 4. The second-order valence-corrected chi connectivity index (χ2v) is 6.92. The second-order valence-electron chi connectivity index (χ2n) is 6.92. The van der Waals surface area contributed by atoms with E-state index in [-0.39, 0.29) is 0 Å². The normalized spacial score (nSPS) is 29.4. The standard InChI is InChI=1S/C15H20BNO4/c1-13(2)14(3,4)21-16(20-13)9-6-7-11-10(8-9)15(5,19)12(18)17-11/h6-8,19H,1-5H3,(H,17,18). The number of anilines is 1. The van der Waals surface area contributed by atoms with Crippen molar-refractivity contribution in [2.75, 3.05) is 5.32 Å². The molecule has 6 heteroatoms. The Hall–Kier alpha value is -1.37. The number of carbonyl (C=O) groups excluding carboxylic acids is 1. The molecule has 2 N–H and O–H groups in total. The lowest BCUT2D eigenvalue weighted by Gasteiger charge is -2.32. The number of nitrogens with one attached hydrogen (secondary N) is 1. The molecule has 2 aliphatic rings. The van der Waals surface area contributed by atoms with E-state index in [1.54, 1.807) is 12.1 Å². The van der Waals surface area contributed by atoms with Crippen molar-refractivity contribution in [1.29, 1.82) is 0 Å². The lowest BCUT2D eigenvalue weighted by Crippen LogP contribution is -2.41. The zero-order valence-electron chi connectivity index (χ0n) is 13.0. The van der Waals surface area contributed by atoms with E-state index in [1.165, 1.54) is 6.92 Å². The van der Waals surface area contributed by atoms with Crippen molar-refractivity contribution in [3.63, 3.8) is 0 Å². The Morgan fingerprint density at radius 2 is 1.67 bits per heavy atom. The van der Waals surface area contributed by atoms with Crippen LogP contribution in [-0.4, -0.2) is 29.3 Å². The van der Waals surface area contributed by atoms with Crippen LogP contribution in [0.1, 0.15) is 40.2 Å². The van der Waals surface area contributed by atoms with Crippen molar-refractivity contribution < 1.29 is 19.2 Å². The second kappa shape index (κ2) is 4.09. The van der Waals surface area contributed by atoms with Crippen molar-refractivity contribution >= 4 is 24.2 Å². The van der Waals surface area contributed by atoms with Crippen molar-refractivity contribution in [3.8, 4) is 0 Å². The van der Waals surface area contributed by atoms with Gasteiger partial charge in [-0.25, -0.2) is 0 Å². The highest BCUT2D eigenvalue weighted by atomic mass is 16.7. The van der Waals surface area contributed by atoms with Crippen LogP contribution in [0, 0.1) is 0 Å². The van der Waals surface area contributed by atoms with Crippen molar-refractivity contribution in [1.82, 2.24) is 0 Å². The summed E-state index contributed by atoms with van der Waals surface area (Å²) in [6, 6.07) is 5.40. The third kappa shape index (κ3) is 2.01. The van der Waals surface area contributed by atoms with Crippen molar-refractivity contribution in [2.45, 2.75) is 51.4 Å². The summed E-state index contributed by atoms with van der Waals surface area (Å²) in [5.41, 5.74) is -0.385. The first-order valence-electron chi connectivity index (χ1n) is 7.08. The Morgan fingerprint density at radius 1 is 1.10 bits per heavy atom. The SMILES string of the molecule is CC1(O)C(=O)Nc2ccc(B3OC(C)(C)C(C)(C)O3)cc21. The fraction of sp³-hybridized carbons (Fsp3) is 0.533. The van der Waals surface area contributed by atoms with Crippen LogP contribution in [-0.2, 0) is 19.7 Å². The average molecular weight is 289 g/mol. The first kappa shape index (κ1) is 14.6. The molecule has 3 rings (SSSR count). The van der Waals surface area contributed by atoms with Crippen molar-refractivity contribution in [3.05, 3.63) is 23.8 Å². The zero-order chi connectivity index (χ0) is 15.6. The molecule has 0 spiro atoms. The molecule has 1 aromatic carbocycles. The van der Waals surface area contributed by atoms with E-state index in [2.05, 4.69) is 5.32 Å². The fourth-order valence-electron chi connectivity index (χ4n) is 2.57. The third-order valence-electron chi connectivity index (χ3n) is 4.78. The summed E-state index contributed by atoms with van der Waals surface area (Å²) < 4.78 is 12.0. The number of fused-ring (bicyclic) bond motifs is 1. The molecule has 112 valence electrons. The summed E-state index contributed by atoms with van der Waals surface area (Å²) >= 11 is 0. The van der Waals surface area contributed by atoms with Gasteiger partial charge in [-0.1, -0.05) is 12.1 Å². The predicted molar refractivity (Wildman–Crippen MR) is 80.4 cm³/mol. The van der Waals surface area contributed by atoms with Gasteiger partial charge in [0.2, 0.25) is 0 Å². The number of aliphatic hydroxyl groups is 1. The van der Waals surface area contributed by atoms with Crippen LogP contribution in [0.25, 0.3) is 0 Å². The van der Waals surface area contributed by atoms with Gasteiger partial charge in [-0.15, -0.1) is 0 Å². The maximum Gasteiger partial charge on any atom is 0.494 e. The van der Waals surface area contributed by atoms with Crippen LogP contribution in [0.5, 0.6) is 0 Å². The molecule has 1 atom stereocenters. The van der Waals surface area contributed by atoms with E-state index >= 15 is 0 Å². The summed E-state index contributed by atoms with van der Waals surface area (Å²) in [7, 11) is -0.508. The molecule has 0 radical (unpaired) electrons. The Labute approximate surface area is 124 Å². The first-order chi connectivity index (χ1) is 9.54. The van der Waals surface area contributed by atoms with Crippen LogP contribution in [0.2, 0.25) is 0 Å². The Morgan fingerprint density at radius 3 is 2.24 bits per heavy atom. The van der Waals surface area contributed by atoms with E-state index in [0.29, 0.717) is 11.3 Å². The van der Waals surface area contributed by atoms with Gasteiger partial charge in [0.1, 0.15) is 0 Å². The largest absolute Gasteiger partial charge is 0.494 e. The van der Waals surface area contributed by atoms with Crippen LogP contribution in [0.3, 0.4) is 0 Å². The quantitative estimate of drug-likeness (QED) is 0.761. The topological polar surface area (TPSA) is 67.8 Å². The summed E-state index contributed by atoms with van der Waals surface area (Å²) in [6.07, 6.45) is 0. The molecule has 1 aromatic rings. The molecule has 5 nitrogen and oxygen atoms in total. The third-order valence-corrected chi connectivity index (χ3v) is 4.78. The lowest BCUT2D eigenvalue weighted by molar-refractivity contribution is -0.131. The van der Waals surface area contributed by atoms with E-state index in [0.717, 1.165) is 5.46 Å². The van der Waals surface area contributed by atoms with Gasteiger partial charge < -0.3 is 19.7 Å². The van der Waals surface area contributed by atoms with Gasteiger partial charge in [-0.05, 0) is 46.1 Å². The Balaban J connectivity index is 1.97. The fourth-order valence-corrected chi connectivity index (χ4v) is 2.57. The highest BCUT2D eigenvalue weighted by Crippen LogP contribution is 2.38. The molecule has 1 amide bonds. The van der Waals surface area contributed by atoms with Gasteiger partial charge in [0.15, 0.2) is 5.60 Å². The van der Waals surface area contributed by atoms with E-state index in [1.807, 2.05) is 33.8 Å². The van der Waals surface area contributed by atoms with Gasteiger partial charge in [0.25, 0.3) is 5.91 Å². The zero-order valence-corrected chi connectivity index (χ0v) is 13.0. The molecule has 2 heterocycles. The smallest absolute Gasteiger partial charge is 0.399 e. The molecule has 1 fully saturated rings. The molecule has 0 aliphatic carbocycles. The molecule has 0 aromatic heterocycles. The van der Waals surface area contributed by atoms with Gasteiger partial charge in [0.05, 0.1) is 11.2 Å². The van der Waals surface area contributed by atoms with Gasteiger partial charge in [-0.3, -0.25) is 4.79 Å². The summed E-state index contributed by atoms with van der Waals surface area (Å²) in [5, 5.41) is 13.0. The van der Waals surface area contributed by atoms with Crippen LogP contribution < -0.4 is 10.8 Å². The van der Waals surface area contributed by atoms with Gasteiger partial charge in [-0.2, -0.15) is 0 Å². The molecular formula is C15H20BNO4. The van der Waals surface area contributed by atoms with E-state index < -0.39 is 29.8 Å². The van der Waals surface area contributed by atoms with E-state index in [4.69, 9.17) is 9.31 Å². The summed E-state index contributed by atoms with van der Waals surface area (Å²) in [5.74, 6) is -0.413. The van der Waals surface area contributed by atoms with Crippen LogP contribution in [0.15, 0.2) is 18.2 Å². The minimum absolute atomic E-state index is 0.413. The molecular weight excluding hydrogens is 269 g/mol. The Kier molecular flexibility index (Phi) is 2.84. The molecule has 21 heavy (non-hydrogen) atoms. The minimum Gasteiger partial charge on any atom is -0.399 e. The number of benzene rings is 1. The van der Waals surface area contributed by atoms with Gasteiger partial charge in [0, 0.05) is 11.3 Å². The molecule has 0 bridgehead atoms. The lowest BCUT2D eigenvalue weighted by atomic mass is 9.77. The highest BCUT2D eigenvalue weighted by Gasteiger charge is 2.52. The van der Waals surface area contributed by atoms with E-state index in [9.17, 15) is 9.90 Å². The number of carbonyl (C=O) groups is 1.